The second kappa shape index (κ2) is 6.74. The van der Waals surface area contributed by atoms with E-state index in [0.717, 1.165) is 13.6 Å². The highest BCUT2D eigenvalue weighted by atomic mass is 79.9. The number of nitrogens with one attached hydrogen (secondary N) is 1. The number of methoxy groups -OCH3 is 1. The van der Waals surface area contributed by atoms with Crippen molar-refractivity contribution in [3.63, 3.8) is 0 Å². The SMILES string of the molecule is COc1c(Br)cc(C=Nn2c(=O)[nH]c3ccccc3c2=O)cc1Br. The van der Waals surface area contributed by atoms with Crippen LogP contribution < -0.4 is 16.0 Å². The molecule has 0 aliphatic heterocycles. The molecule has 24 heavy (non-hydrogen) atoms. The van der Waals surface area contributed by atoms with Crippen LogP contribution in [0, 0.1) is 0 Å². The number of nitrogens with zero attached hydrogens (tertiary/aromatic N) is 2. The van der Waals surface area contributed by atoms with Crippen LogP contribution in [0.15, 0.2) is 60.0 Å². The highest BCUT2D eigenvalue weighted by molar-refractivity contribution is 9.11. The van der Waals surface area contributed by atoms with E-state index in [1.807, 2.05) is 0 Å². The summed E-state index contributed by atoms with van der Waals surface area (Å²) in [5.41, 5.74) is 0.0988. The van der Waals surface area contributed by atoms with Gasteiger partial charge in [-0.05, 0) is 61.7 Å². The van der Waals surface area contributed by atoms with Crippen LogP contribution in [0.3, 0.4) is 0 Å². The first kappa shape index (κ1) is 16.7. The second-order valence-electron chi connectivity index (χ2n) is 4.86. The van der Waals surface area contributed by atoms with Crippen LogP contribution in [-0.4, -0.2) is 23.0 Å². The molecule has 1 heterocycles. The van der Waals surface area contributed by atoms with Crippen LogP contribution in [0.25, 0.3) is 10.9 Å². The number of rotatable bonds is 3. The second-order valence-corrected chi connectivity index (χ2v) is 6.56. The number of para-hydroxylation sites is 1. The van der Waals surface area contributed by atoms with Crippen molar-refractivity contribution in [2.75, 3.05) is 7.11 Å². The molecule has 6 nitrogen and oxygen atoms in total. The van der Waals surface area contributed by atoms with Crippen LogP contribution in [0.5, 0.6) is 5.75 Å². The molecule has 0 spiro atoms. The first-order valence-corrected chi connectivity index (χ1v) is 8.41. The largest absolute Gasteiger partial charge is 0.494 e. The standard InChI is InChI=1S/C16H11Br2N3O3/c1-24-14-11(17)6-9(7-12(14)18)8-19-21-15(22)10-4-2-3-5-13(10)20-16(21)23/h2-8H,1H3,(H,20,23). The summed E-state index contributed by atoms with van der Waals surface area (Å²) >= 11 is 6.79. The van der Waals surface area contributed by atoms with E-state index in [1.54, 1.807) is 43.5 Å². The van der Waals surface area contributed by atoms with Crippen molar-refractivity contribution in [2.45, 2.75) is 0 Å². The number of aromatic nitrogens is 2. The van der Waals surface area contributed by atoms with E-state index in [0.29, 0.717) is 22.2 Å². The van der Waals surface area contributed by atoms with Gasteiger partial charge in [0.25, 0.3) is 5.56 Å². The molecule has 0 bridgehead atoms. The minimum atomic E-state index is -0.596. The monoisotopic (exact) mass is 451 g/mol. The molecule has 3 rings (SSSR count). The van der Waals surface area contributed by atoms with E-state index >= 15 is 0 Å². The number of ether oxygens (including phenoxy) is 1. The Bertz CT molecular complexity index is 1050. The minimum absolute atomic E-state index is 0.395. The summed E-state index contributed by atoms with van der Waals surface area (Å²) < 4.78 is 7.48. The first-order valence-electron chi connectivity index (χ1n) is 6.82. The number of fused-ring (bicyclic) bond motifs is 1. The third kappa shape index (κ3) is 3.07. The Morgan fingerprint density at radius 1 is 1.17 bits per heavy atom. The molecule has 0 unspecified atom stereocenters. The molecule has 0 amide bonds. The van der Waals surface area contributed by atoms with Crippen LogP contribution >= 0.6 is 31.9 Å². The topological polar surface area (TPSA) is 76.5 Å². The molecule has 0 aliphatic rings. The van der Waals surface area contributed by atoms with E-state index in [-0.39, 0.29) is 0 Å². The highest BCUT2D eigenvalue weighted by Crippen LogP contribution is 2.33. The molecule has 0 radical (unpaired) electrons. The zero-order chi connectivity index (χ0) is 17.3. The molecular formula is C16H11Br2N3O3. The summed E-state index contributed by atoms with van der Waals surface area (Å²) in [6.07, 6.45) is 1.43. The van der Waals surface area contributed by atoms with Crippen molar-refractivity contribution >= 4 is 49.0 Å². The Morgan fingerprint density at radius 3 is 2.50 bits per heavy atom. The normalized spacial score (nSPS) is 11.3. The number of H-pyrrole nitrogens is 1. The Morgan fingerprint density at radius 2 is 1.83 bits per heavy atom. The van der Waals surface area contributed by atoms with Gasteiger partial charge in [0, 0.05) is 0 Å². The lowest BCUT2D eigenvalue weighted by Crippen LogP contribution is -2.32. The lowest BCUT2D eigenvalue weighted by molar-refractivity contribution is 0.409. The van der Waals surface area contributed by atoms with E-state index in [9.17, 15) is 9.59 Å². The van der Waals surface area contributed by atoms with Crippen molar-refractivity contribution in [3.05, 3.63) is 71.7 Å². The van der Waals surface area contributed by atoms with Crippen molar-refractivity contribution in [2.24, 2.45) is 5.10 Å². The molecule has 0 saturated heterocycles. The first-order chi connectivity index (χ1) is 11.5. The minimum Gasteiger partial charge on any atom is -0.494 e. The summed E-state index contributed by atoms with van der Waals surface area (Å²) in [5, 5.41) is 4.41. The Kier molecular flexibility index (Phi) is 4.68. The molecule has 0 fully saturated rings. The van der Waals surface area contributed by atoms with Gasteiger partial charge in [-0.15, -0.1) is 4.68 Å². The summed E-state index contributed by atoms with van der Waals surface area (Å²) in [4.78, 5) is 27.1. The third-order valence-electron chi connectivity index (χ3n) is 3.33. The van der Waals surface area contributed by atoms with Gasteiger partial charge in [0.2, 0.25) is 0 Å². The molecule has 2 aromatic carbocycles. The maximum absolute atomic E-state index is 12.4. The Balaban J connectivity index is 2.09. The highest BCUT2D eigenvalue weighted by Gasteiger charge is 2.08. The van der Waals surface area contributed by atoms with Gasteiger partial charge < -0.3 is 9.72 Å². The van der Waals surface area contributed by atoms with Gasteiger partial charge in [-0.25, -0.2) is 4.79 Å². The molecule has 122 valence electrons. The lowest BCUT2D eigenvalue weighted by atomic mass is 10.2. The average molecular weight is 453 g/mol. The van der Waals surface area contributed by atoms with Gasteiger partial charge in [-0.1, -0.05) is 12.1 Å². The number of benzene rings is 2. The molecule has 0 aliphatic carbocycles. The summed E-state index contributed by atoms with van der Waals surface area (Å²) in [7, 11) is 1.56. The van der Waals surface area contributed by atoms with Gasteiger partial charge >= 0.3 is 5.69 Å². The number of hydrogen-bond donors (Lipinski definition) is 1. The van der Waals surface area contributed by atoms with Gasteiger partial charge in [-0.2, -0.15) is 5.10 Å². The molecule has 1 N–H and O–H groups in total. The Hall–Kier alpha value is -2.19. The number of hydrogen-bond acceptors (Lipinski definition) is 4. The van der Waals surface area contributed by atoms with Crippen molar-refractivity contribution in [3.8, 4) is 5.75 Å². The van der Waals surface area contributed by atoms with E-state index in [2.05, 4.69) is 41.9 Å². The lowest BCUT2D eigenvalue weighted by Gasteiger charge is -2.06. The van der Waals surface area contributed by atoms with E-state index < -0.39 is 11.2 Å². The fourth-order valence-electron chi connectivity index (χ4n) is 2.23. The quantitative estimate of drug-likeness (QED) is 0.620. The van der Waals surface area contributed by atoms with Crippen molar-refractivity contribution < 1.29 is 4.74 Å². The number of aromatic amines is 1. The van der Waals surface area contributed by atoms with Crippen molar-refractivity contribution in [1.29, 1.82) is 0 Å². The van der Waals surface area contributed by atoms with Gasteiger partial charge in [0.05, 0.1) is 33.2 Å². The fraction of sp³-hybridized carbons (Fsp3) is 0.0625. The van der Waals surface area contributed by atoms with Crippen LogP contribution in [0.4, 0.5) is 0 Å². The molecule has 0 atom stereocenters. The van der Waals surface area contributed by atoms with Crippen LogP contribution in [0.2, 0.25) is 0 Å². The fourth-order valence-corrected chi connectivity index (χ4v) is 3.78. The van der Waals surface area contributed by atoms with Gasteiger partial charge in [-0.3, -0.25) is 4.79 Å². The molecule has 0 saturated carbocycles. The van der Waals surface area contributed by atoms with Gasteiger partial charge in [0.1, 0.15) is 5.75 Å². The van der Waals surface area contributed by atoms with E-state index in [1.165, 1.54) is 6.21 Å². The average Bonchev–Trinajstić information content (AvgIpc) is 2.54. The van der Waals surface area contributed by atoms with Crippen LogP contribution in [-0.2, 0) is 0 Å². The predicted octanol–water partition coefficient (Wildman–Crippen LogP) is 3.11. The predicted molar refractivity (Wildman–Crippen MR) is 100 cm³/mol. The van der Waals surface area contributed by atoms with Gasteiger partial charge in [0.15, 0.2) is 0 Å². The zero-order valence-electron chi connectivity index (χ0n) is 12.4. The maximum Gasteiger partial charge on any atom is 0.349 e. The molecular weight excluding hydrogens is 442 g/mol. The number of halogens is 2. The van der Waals surface area contributed by atoms with E-state index in [4.69, 9.17) is 4.74 Å². The van der Waals surface area contributed by atoms with Crippen LogP contribution in [0.1, 0.15) is 5.56 Å². The summed E-state index contributed by atoms with van der Waals surface area (Å²) in [6.45, 7) is 0. The Labute approximate surface area is 153 Å². The molecule has 1 aromatic heterocycles. The summed E-state index contributed by atoms with van der Waals surface area (Å²) in [5.74, 6) is 0.646. The molecule has 8 heteroatoms. The summed E-state index contributed by atoms with van der Waals surface area (Å²) in [6, 6.07) is 10.3. The van der Waals surface area contributed by atoms with Crippen molar-refractivity contribution in [1.82, 2.24) is 9.66 Å². The molecule has 3 aromatic rings. The zero-order valence-corrected chi connectivity index (χ0v) is 15.6. The maximum atomic E-state index is 12.4. The third-order valence-corrected chi connectivity index (χ3v) is 4.51. The smallest absolute Gasteiger partial charge is 0.349 e.